The first-order valence-corrected chi connectivity index (χ1v) is 13.5. The molecule has 3 heterocycles. The van der Waals surface area contributed by atoms with Crippen LogP contribution in [0, 0.1) is 11.8 Å². The van der Waals surface area contributed by atoms with E-state index in [2.05, 4.69) is 25.7 Å². The Bertz CT molecular complexity index is 842. The van der Waals surface area contributed by atoms with E-state index in [9.17, 15) is 9.59 Å². The lowest BCUT2D eigenvalue weighted by Crippen LogP contribution is -2.49. The Morgan fingerprint density at radius 1 is 1.09 bits per heavy atom. The number of likely N-dealkylation sites (tertiary alicyclic amines) is 2. The molecule has 35 heavy (non-hydrogen) atoms. The maximum absolute atomic E-state index is 13.8. The monoisotopic (exact) mass is 485 g/mol. The van der Waals surface area contributed by atoms with Gasteiger partial charge in [-0.3, -0.25) is 14.5 Å². The van der Waals surface area contributed by atoms with Crippen LogP contribution in [-0.2, 0) is 14.3 Å². The minimum atomic E-state index is -0.315. The van der Waals surface area contributed by atoms with E-state index in [1.54, 1.807) is 7.11 Å². The number of morpholine rings is 1. The third kappa shape index (κ3) is 6.18. The largest absolute Gasteiger partial charge is 0.497 e. The zero-order valence-electron chi connectivity index (χ0n) is 21.9. The Morgan fingerprint density at radius 3 is 2.34 bits per heavy atom. The highest BCUT2D eigenvalue weighted by Gasteiger charge is 2.46. The van der Waals surface area contributed by atoms with Crippen LogP contribution in [0.4, 0.5) is 0 Å². The van der Waals surface area contributed by atoms with Gasteiger partial charge in [-0.1, -0.05) is 25.5 Å². The fourth-order valence-electron chi connectivity index (χ4n) is 6.19. The molecule has 3 aliphatic heterocycles. The molecule has 0 aromatic heterocycles. The SMILES string of the molecule is CCCCN1C(=O)CC(C(=O)N2CCC(CN3CC(C)OC(C)C3)CC2)C1c1ccc(OC)cc1. The summed E-state index contributed by atoms with van der Waals surface area (Å²) in [6, 6.07) is 7.68. The van der Waals surface area contributed by atoms with E-state index in [1.807, 2.05) is 34.1 Å². The number of hydrogen-bond acceptors (Lipinski definition) is 5. The molecule has 4 atom stereocenters. The van der Waals surface area contributed by atoms with Crippen LogP contribution in [0.1, 0.15) is 64.5 Å². The van der Waals surface area contributed by atoms with Gasteiger partial charge in [0.15, 0.2) is 0 Å². The molecule has 0 saturated carbocycles. The van der Waals surface area contributed by atoms with Crippen molar-refractivity contribution >= 4 is 11.8 Å². The molecule has 194 valence electrons. The molecular formula is C28H43N3O4. The molecule has 3 saturated heterocycles. The topological polar surface area (TPSA) is 62.3 Å². The van der Waals surface area contributed by atoms with Gasteiger partial charge in [-0.05, 0) is 56.7 Å². The molecule has 3 fully saturated rings. The van der Waals surface area contributed by atoms with E-state index >= 15 is 0 Å². The Kier molecular flexibility index (Phi) is 8.71. The number of hydrogen-bond donors (Lipinski definition) is 0. The Labute approximate surface area is 210 Å². The first-order chi connectivity index (χ1) is 16.9. The average molecular weight is 486 g/mol. The van der Waals surface area contributed by atoms with Crippen molar-refractivity contribution in [3.8, 4) is 5.75 Å². The number of carbonyl (C=O) groups excluding carboxylic acids is 2. The number of benzene rings is 1. The molecule has 3 aliphatic rings. The second-order valence-corrected chi connectivity index (χ2v) is 10.7. The lowest BCUT2D eigenvalue weighted by Gasteiger charge is -2.40. The van der Waals surface area contributed by atoms with Crippen LogP contribution < -0.4 is 4.74 Å². The van der Waals surface area contributed by atoms with Crippen LogP contribution in [0.5, 0.6) is 5.75 Å². The molecule has 0 bridgehead atoms. The molecule has 0 spiro atoms. The van der Waals surface area contributed by atoms with Gasteiger partial charge in [-0.25, -0.2) is 0 Å². The van der Waals surface area contributed by atoms with Gasteiger partial charge in [0.1, 0.15) is 5.75 Å². The number of carbonyl (C=O) groups is 2. The third-order valence-electron chi connectivity index (χ3n) is 7.90. The smallest absolute Gasteiger partial charge is 0.228 e. The lowest BCUT2D eigenvalue weighted by atomic mass is 9.90. The van der Waals surface area contributed by atoms with Crippen LogP contribution in [0.2, 0.25) is 0 Å². The van der Waals surface area contributed by atoms with Gasteiger partial charge in [-0.15, -0.1) is 0 Å². The summed E-state index contributed by atoms with van der Waals surface area (Å²) in [7, 11) is 1.65. The van der Waals surface area contributed by atoms with Crippen LogP contribution >= 0.6 is 0 Å². The van der Waals surface area contributed by atoms with E-state index in [-0.39, 0.29) is 36.0 Å². The summed E-state index contributed by atoms with van der Waals surface area (Å²) in [5, 5.41) is 0. The maximum Gasteiger partial charge on any atom is 0.228 e. The second kappa shape index (κ2) is 11.7. The number of rotatable bonds is 8. The van der Waals surface area contributed by atoms with E-state index in [4.69, 9.17) is 9.47 Å². The zero-order chi connectivity index (χ0) is 24.9. The van der Waals surface area contributed by atoms with Crippen LogP contribution in [-0.4, -0.2) is 85.1 Å². The van der Waals surface area contributed by atoms with Gasteiger partial charge in [-0.2, -0.15) is 0 Å². The first-order valence-electron chi connectivity index (χ1n) is 13.5. The predicted octanol–water partition coefficient (Wildman–Crippen LogP) is 3.73. The van der Waals surface area contributed by atoms with Crippen molar-refractivity contribution < 1.29 is 19.1 Å². The van der Waals surface area contributed by atoms with Gasteiger partial charge < -0.3 is 19.3 Å². The van der Waals surface area contributed by atoms with E-state index in [1.165, 1.54) is 0 Å². The summed E-state index contributed by atoms with van der Waals surface area (Å²) in [5.74, 6) is 1.32. The quantitative estimate of drug-likeness (QED) is 0.562. The minimum absolute atomic E-state index is 0.100. The Morgan fingerprint density at radius 2 is 1.74 bits per heavy atom. The van der Waals surface area contributed by atoms with E-state index in [0.717, 1.165) is 69.7 Å². The van der Waals surface area contributed by atoms with Gasteiger partial charge in [0.2, 0.25) is 11.8 Å². The van der Waals surface area contributed by atoms with Gasteiger partial charge in [0.05, 0.1) is 31.3 Å². The summed E-state index contributed by atoms with van der Waals surface area (Å²) in [6.45, 7) is 11.8. The maximum atomic E-state index is 13.8. The molecule has 0 aliphatic carbocycles. The Balaban J connectivity index is 1.41. The molecule has 0 N–H and O–H groups in total. The third-order valence-corrected chi connectivity index (χ3v) is 7.90. The van der Waals surface area contributed by atoms with Crippen LogP contribution in [0.25, 0.3) is 0 Å². The molecule has 1 aromatic rings. The highest BCUT2D eigenvalue weighted by atomic mass is 16.5. The summed E-state index contributed by atoms with van der Waals surface area (Å²) in [4.78, 5) is 33.3. The molecule has 4 rings (SSSR count). The lowest BCUT2D eigenvalue weighted by molar-refractivity contribution is -0.138. The standard InChI is InChI=1S/C28H43N3O4/c1-5-6-13-31-26(32)16-25(27(31)23-7-9-24(34-4)10-8-23)28(33)30-14-11-22(12-15-30)19-29-17-20(2)35-21(3)18-29/h7-10,20-22,25,27H,5-6,11-19H2,1-4H3. The fourth-order valence-corrected chi connectivity index (χ4v) is 6.19. The van der Waals surface area contributed by atoms with Crippen molar-refractivity contribution in [1.29, 1.82) is 0 Å². The molecule has 1 aromatic carbocycles. The van der Waals surface area contributed by atoms with Gasteiger partial charge in [0.25, 0.3) is 0 Å². The molecular weight excluding hydrogens is 442 g/mol. The number of unbranched alkanes of at least 4 members (excludes halogenated alkanes) is 1. The number of methoxy groups -OCH3 is 1. The van der Waals surface area contributed by atoms with Crippen molar-refractivity contribution in [3.63, 3.8) is 0 Å². The van der Waals surface area contributed by atoms with Crippen molar-refractivity contribution in [3.05, 3.63) is 29.8 Å². The van der Waals surface area contributed by atoms with E-state index < -0.39 is 0 Å². The zero-order valence-corrected chi connectivity index (χ0v) is 21.9. The fraction of sp³-hybridized carbons (Fsp3) is 0.714. The number of piperidine rings is 1. The molecule has 7 heteroatoms. The van der Waals surface area contributed by atoms with Crippen molar-refractivity contribution in [1.82, 2.24) is 14.7 Å². The minimum Gasteiger partial charge on any atom is -0.497 e. The summed E-state index contributed by atoms with van der Waals surface area (Å²) in [6.07, 6.45) is 4.90. The Hall–Kier alpha value is -2.12. The number of nitrogens with zero attached hydrogens (tertiary/aromatic N) is 3. The predicted molar refractivity (Wildman–Crippen MR) is 136 cm³/mol. The van der Waals surface area contributed by atoms with Crippen molar-refractivity contribution in [2.24, 2.45) is 11.8 Å². The molecule has 4 unspecified atom stereocenters. The molecule has 2 amide bonds. The number of ether oxygens (including phenoxy) is 2. The highest BCUT2D eigenvalue weighted by Crippen LogP contribution is 2.40. The molecule has 7 nitrogen and oxygen atoms in total. The van der Waals surface area contributed by atoms with Gasteiger partial charge >= 0.3 is 0 Å². The summed E-state index contributed by atoms with van der Waals surface area (Å²) in [5.41, 5.74) is 1.02. The van der Waals surface area contributed by atoms with Crippen molar-refractivity contribution in [2.45, 2.75) is 71.1 Å². The summed E-state index contributed by atoms with van der Waals surface area (Å²) < 4.78 is 11.2. The molecule has 0 radical (unpaired) electrons. The van der Waals surface area contributed by atoms with E-state index in [0.29, 0.717) is 18.9 Å². The van der Waals surface area contributed by atoms with Crippen LogP contribution in [0.3, 0.4) is 0 Å². The van der Waals surface area contributed by atoms with Gasteiger partial charge in [0, 0.05) is 45.7 Å². The number of amides is 2. The van der Waals surface area contributed by atoms with Crippen molar-refractivity contribution in [2.75, 3.05) is 46.4 Å². The highest BCUT2D eigenvalue weighted by molar-refractivity contribution is 5.90. The normalized spacial score (nSPS) is 28.5. The average Bonchev–Trinajstić information content (AvgIpc) is 3.18. The second-order valence-electron chi connectivity index (χ2n) is 10.7. The first kappa shape index (κ1) is 26.0. The summed E-state index contributed by atoms with van der Waals surface area (Å²) >= 11 is 0. The van der Waals surface area contributed by atoms with Crippen LogP contribution in [0.15, 0.2) is 24.3 Å².